The van der Waals surface area contributed by atoms with E-state index >= 15 is 0 Å². The van der Waals surface area contributed by atoms with Crippen LogP contribution in [-0.2, 0) is 6.42 Å². The lowest BCUT2D eigenvalue weighted by Crippen LogP contribution is -2.47. The molecule has 0 bridgehead atoms. The number of hydrogen-bond donors (Lipinski definition) is 0. The number of rotatable bonds is 0. The molecule has 134 valence electrons. The molecule has 0 radical (unpaired) electrons. The first-order valence-corrected chi connectivity index (χ1v) is 9.73. The van der Waals surface area contributed by atoms with Crippen LogP contribution in [0.25, 0.3) is 0 Å². The van der Waals surface area contributed by atoms with Gasteiger partial charge in [0, 0.05) is 38.3 Å². The first-order chi connectivity index (χ1) is 12.7. The maximum atomic E-state index is 5.22. The molecule has 5 rings (SSSR count). The van der Waals surface area contributed by atoms with Crippen LogP contribution >= 0.6 is 0 Å². The summed E-state index contributed by atoms with van der Waals surface area (Å²) < 4.78 is 0. The molecule has 3 heterocycles. The van der Waals surface area contributed by atoms with Crippen molar-refractivity contribution in [3.05, 3.63) is 53.1 Å². The number of para-hydroxylation sites is 2. The summed E-state index contributed by atoms with van der Waals surface area (Å²) >= 11 is 0. The number of nitrogens with zero attached hydrogens (tertiary/aromatic N) is 4. The fourth-order valence-corrected chi connectivity index (χ4v) is 4.53. The predicted octanol–water partition coefficient (Wildman–Crippen LogP) is 3.72. The molecule has 0 unspecified atom stereocenters. The van der Waals surface area contributed by atoms with Crippen LogP contribution in [0.1, 0.15) is 23.1 Å². The highest BCUT2D eigenvalue weighted by Gasteiger charge is 2.31. The number of benzene rings is 2. The van der Waals surface area contributed by atoms with Crippen molar-refractivity contribution >= 4 is 22.9 Å². The van der Waals surface area contributed by atoms with Crippen molar-refractivity contribution in [1.29, 1.82) is 0 Å². The third-order valence-corrected chi connectivity index (χ3v) is 5.87. The van der Waals surface area contributed by atoms with Crippen molar-refractivity contribution < 1.29 is 0 Å². The molecule has 4 heteroatoms. The van der Waals surface area contributed by atoms with Gasteiger partial charge in [-0.05, 0) is 56.1 Å². The molecule has 0 saturated carbocycles. The van der Waals surface area contributed by atoms with Crippen molar-refractivity contribution in [3.63, 3.8) is 0 Å². The fraction of sp³-hybridized carbons (Fsp3) is 0.409. The zero-order valence-electron chi connectivity index (χ0n) is 15.7. The highest BCUT2D eigenvalue weighted by Crippen LogP contribution is 2.44. The van der Waals surface area contributed by atoms with E-state index in [9.17, 15) is 0 Å². The first kappa shape index (κ1) is 15.9. The Hall–Kier alpha value is -2.33. The van der Waals surface area contributed by atoms with E-state index in [4.69, 9.17) is 4.99 Å². The van der Waals surface area contributed by atoms with Gasteiger partial charge in [0.2, 0.25) is 0 Å². The Balaban J connectivity index is 1.73. The maximum Gasteiger partial charge on any atom is 0.138 e. The third-order valence-electron chi connectivity index (χ3n) is 5.87. The lowest BCUT2D eigenvalue weighted by Gasteiger charge is -2.36. The third kappa shape index (κ3) is 2.52. The molecule has 0 atom stereocenters. The summed E-state index contributed by atoms with van der Waals surface area (Å²) in [5, 5.41) is 0. The molecule has 0 N–H and O–H groups in total. The smallest absolute Gasteiger partial charge is 0.138 e. The number of aryl methyl sites for hydroxylation is 2. The molecule has 3 aliphatic rings. The number of hydrogen-bond acceptors (Lipinski definition) is 4. The molecule has 0 aromatic heterocycles. The van der Waals surface area contributed by atoms with E-state index < -0.39 is 0 Å². The number of likely N-dealkylation sites (N-methyl/N-ethyl adjacent to an activating group) is 1. The zero-order valence-corrected chi connectivity index (χ0v) is 15.7. The Labute approximate surface area is 155 Å². The SMILES string of the molecule is Cc1cc2c3c(c1)C(N1CCN(C)CC1)=Nc1ccccc1N3CCC2. The zero-order chi connectivity index (χ0) is 17.7. The summed E-state index contributed by atoms with van der Waals surface area (Å²) in [6, 6.07) is 13.4. The molecule has 0 amide bonds. The van der Waals surface area contributed by atoms with Gasteiger partial charge in [0.05, 0.1) is 17.1 Å². The number of anilines is 2. The lowest BCUT2D eigenvalue weighted by atomic mass is 9.94. The van der Waals surface area contributed by atoms with E-state index in [0.29, 0.717) is 0 Å². The van der Waals surface area contributed by atoms with Gasteiger partial charge >= 0.3 is 0 Å². The van der Waals surface area contributed by atoms with E-state index in [2.05, 4.69) is 65.1 Å². The topological polar surface area (TPSA) is 22.1 Å². The lowest BCUT2D eigenvalue weighted by molar-refractivity contribution is 0.216. The van der Waals surface area contributed by atoms with Crippen molar-refractivity contribution in [2.45, 2.75) is 19.8 Å². The van der Waals surface area contributed by atoms with Crippen molar-refractivity contribution in [2.24, 2.45) is 4.99 Å². The summed E-state index contributed by atoms with van der Waals surface area (Å²) in [6.45, 7) is 7.57. The predicted molar refractivity (Wildman–Crippen MR) is 108 cm³/mol. The Kier molecular flexibility index (Phi) is 3.75. The van der Waals surface area contributed by atoms with Gasteiger partial charge < -0.3 is 14.7 Å². The molecular formula is C22H26N4. The van der Waals surface area contributed by atoms with Gasteiger partial charge in [-0.1, -0.05) is 18.2 Å². The van der Waals surface area contributed by atoms with Crippen LogP contribution in [0.3, 0.4) is 0 Å². The van der Waals surface area contributed by atoms with Crippen molar-refractivity contribution in [3.8, 4) is 0 Å². The van der Waals surface area contributed by atoms with Crippen LogP contribution in [0.15, 0.2) is 41.4 Å². The van der Waals surface area contributed by atoms with Gasteiger partial charge in [-0.15, -0.1) is 0 Å². The second kappa shape index (κ2) is 6.13. The molecule has 0 aliphatic carbocycles. The van der Waals surface area contributed by atoms with E-state index in [0.717, 1.165) is 44.2 Å². The molecule has 2 aromatic rings. The van der Waals surface area contributed by atoms with Gasteiger partial charge in [0.15, 0.2) is 0 Å². The average Bonchev–Trinajstić information content (AvgIpc) is 2.79. The van der Waals surface area contributed by atoms with Crippen LogP contribution in [0.4, 0.5) is 17.1 Å². The highest BCUT2D eigenvalue weighted by molar-refractivity contribution is 6.09. The minimum absolute atomic E-state index is 1.04. The van der Waals surface area contributed by atoms with Crippen LogP contribution in [0.2, 0.25) is 0 Å². The Morgan fingerprint density at radius 2 is 1.77 bits per heavy atom. The number of fused-ring (bicyclic) bond motifs is 2. The van der Waals surface area contributed by atoms with Crippen molar-refractivity contribution in [1.82, 2.24) is 9.80 Å². The summed E-state index contributed by atoms with van der Waals surface area (Å²) in [5.41, 5.74) is 7.88. The van der Waals surface area contributed by atoms with Gasteiger partial charge in [0.25, 0.3) is 0 Å². The second-order valence-electron chi connectivity index (χ2n) is 7.79. The normalized spacial score (nSPS) is 19.5. The van der Waals surface area contributed by atoms with E-state index in [1.54, 1.807) is 0 Å². The molecule has 4 nitrogen and oxygen atoms in total. The molecule has 1 fully saturated rings. The van der Waals surface area contributed by atoms with E-state index in [1.165, 1.54) is 40.9 Å². The minimum atomic E-state index is 1.04. The molecule has 0 spiro atoms. The van der Waals surface area contributed by atoms with Gasteiger partial charge in [-0.2, -0.15) is 0 Å². The molecule has 2 aromatic carbocycles. The average molecular weight is 346 g/mol. The summed E-state index contributed by atoms with van der Waals surface area (Å²) in [5.74, 6) is 1.16. The van der Waals surface area contributed by atoms with Crippen LogP contribution < -0.4 is 4.90 Å². The molecule has 1 saturated heterocycles. The van der Waals surface area contributed by atoms with Crippen LogP contribution in [0, 0.1) is 6.92 Å². The second-order valence-corrected chi connectivity index (χ2v) is 7.79. The van der Waals surface area contributed by atoms with E-state index in [-0.39, 0.29) is 0 Å². The number of aliphatic imine (C=N–C) groups is 1. The Morgan fingerprint density at radius 1 is 0.962 bits per heavy atom. The van der Waals surface area contributed by atoms with Gasteiger partial charge in [-0.25, -0.2) is 4.99 Å². The van der Waals surface area contributed by atoms with Gasteiger partial charge in [-0.3, -0.25) is 0 Å². The van der Waals surface area contributed by atoms with Crippen LogP contribution in [0.5, 0.6) is 0 Å². The summed E-state index contributed by atoms with van der Waals surface area (Å²) in [6.07, 6.45) is 2.37. The molecular weight excluding hydrogens is 320 g/mol. The molecule has 26 heavy (non-hydrogen) atoms. The maximum absolute atomic E-state index is 5.22. The molecule has 3 aliphatic heterocycles. The minimum Gasteiger partial charge on any atom is -0.353 e. The van der Waals surface area contributed by atoms with Crippen LogP contribution in [-0.4, -0.2) is 55.4 Å². The fourth-order valence-electron chi connectivity index (χ4n) is 4.53. The summed E-state index contributed by atoms with van der Waals surface area (Å²) in [4.78, 5) is 12.6. The Bertz CT molecular complexity index is 878. The quantitative estimate of drug-likeness (QED) is 0.726. The first-order valence-electron chi connectivity index (χ1n) is 9.73. The number of piperazine rings is 1. The van der Waals surface area contributed by atoms with Crippen molar-refractivity contribution in [2.75, 3.05) is 44.7 Å². The monoisotopic (exact) mass is 346 g/mol. The number of amidine groups is 1. The summed E-state index contributed by atoms with van der Waals surface area (Å²) in [7, 11) is 2.21. The largest absolute Gasteiger partial charge is 0.353 e. The highest BCUT2D eigenvalue weighted by atomic mass is 15.3. The Morgan fingerprint density at radius 3 is 2.62 bits per heavy atom. The van der Waals surface area contributed by atoms with Gasteiger partial charge in [0.1, 0.15) is 5.84 Å². The standard InChI is InChI=1S/C22H26N4/c1-16-14-17-6-5-9-26-20-8-4-3-7-19(20)23-22(18(15-16)21(17)26)25-12-10-24(2)11-13-25/h3-4,7-8,14-15H,5-6,9-13H2,1-2H3. The van der Waals surface area contributed by atoms with E-state index in [1.807, 2.05) is 0 Å².